The summed E-state index contributed by atoms with van der Waals surface area (Å²) in [5.74, 6) is 0.617. The van der Waals surface area contributed by atoms with Crippen LogP contribution in [0.1, 0.15) is 32.2 Å². The van der Waals surface area contributed by atoms with Crippen molar-refractivity contribution in [3.63, 3.8) is 0 Å². The normalized spacial score (nSPS) is 19.1. The molecule has 2 unspecified atom stereocenters. The number of amides is 1. The molecule has 156 valence electrons. The number of aryl methyl sites for hydroxylation is 2. The predicted octanol–water partition coefficient (Wildman–Crippen LogP) is 4.23. The number of nitrogens with one attached hydrogen (secondary N) is 1. The molecule has 2 aromatic rings. The van der Waals surface area contributed by atoms with Crippen LogP contribution in [0.25, 0.3) is 11.3 Å². The minimum Gasteiger partial charge on any atom is -0.374 e. The molecule has 2 atom stereocenters. The van der Waals surface area contributed by atoms with E-state index < -0.39 is 6.04 Å². The van der Waals surface area contributed by atoms with Gasteiger partial charge in [0.25, 0.3) is 0 Å². The Morgan fingerprint density at radius 1 is 1.17 bits per heavy atom. The van der Waals surface area contributed by atoms with Gasteiger partial charge in [-0.3, -0.25) is 4.79 Å². The molecule has 1 N–H and O–H groups in total. The van der Waals surface area contributed by atoms with Crippen molar-refractivity contribution in [1.82, 2.24) is 14.9 Å². The van der Waals surface area contributed by atoms with Crippen molar-refractivity contribution in [2.24, 2.45) is 0 Å². The highest BCUT2D eigenvalue weighted by Gasteiger charge is 2.40. The van der Waals surface area contributed by atoms with E-state index in [1.807, 2.05) is 26.8 Å². The summed E-state index contributed by atoms with van der Waals surface area (Å²) < 4.78 is 5.78. The number of carbonyl (C=O) groups is 1. The van der Waals surface area contributed by atoms with Crippen molar-refractivity contribution >= 4 is 34.9 Å². The van der Waals surface area contributed by atoms with Crippen LogP contribution in [-0.2, 0) is 22.4 Å². The molecule has 2 heterocycles. The lowest BCUT2D eigenvalue weighted by atomic mass is 10.1. The first kappa shape index (κ1) is 21.8. The van der Waals surface area contributed by atoms with Crippen LogP contribution >= 0.6 is 23.2 Å². The zero-order valence-electron chi connectivity index (χ0n) is 17.1. The Labute approximate surface area is 181 Å². The van der Waals surface area contributed by atoms with Crippen LogP contribution in [0, 0.1) is 0 Å². The molecule has 1 aliphatic heterocycles. The molecule has 1 aliphatic rings. The summed E-state index contributed by atoms with van der Waals surface area (Å²) in [6, 6.07) is 4.88. The van der Waals surface area contributed by atoms with Gasteiger partial charge in [0.1, 0.15) is 18.0 Å². The van der Waals surface area contributed by atoms with Gasteiger partial charge in [0.15, 0.2) is 0 Å². The summed E-state index contributed by atoms with van der Waals surface area (Å²) in [6.07, 6.45) is 1.11. The number of aromatic nitrogens is 2. The molecule has 29 heavy (non-hydrogen) atoms. The molecule has 0 aliphatic carbocycles. The molecule has 1 aromatic carbocycles. The molecule has 0 radical (unpaired) electrons. The molecular formula is C21H26Cl2N4O2. The smallest absolute Gasteiger partial charge is 0.247 e. The van der Waals surface area contributed by atoms with E-state index in [0.29, 0.717) is 41.9 Å². The minimum absolute atomic E-state index is 0.00447. The van der Waals surface area contributed by atoms with Gasteiger partial charge in [-0.25, -0.2) is 9.97 Å². The Bertz CT molecular complexity index is 906. The number of hydrogen-bond acceptors (Lipinski definition) is 5. The van der Waals surface area contributed by atoms with E-state index in [1.54, 1.807) is 24.1 Å². The number of likely N-dealkylation sites (N-methyl/N-ethyl adjacent to an activating group) is 1. The van der Waals surface area contributed by atoms with Crippen molar-refractivity contribution in [2.45, 2.75) is 45.8 Å². The van der Waals surface area contributed by atoms with Crippen LogP contribution in [-0.4, -0.2) is 53.1 Å². The van der Waals surface area contributed by atoms with Gasteiger partial charge in [-0.05, 0) is 38.0 Å². The van der Waals surface area contributed by atoms with Gasteiger partial charge in [-0.2, -0.15) is 0 Å². The van der Waals surface area contributed by atoms with Gasteiger partial charge >= 0.3 is 0 Å². The number of nitrogens with zero attached hydrogens (tertiary/aromatic N) is 3. The molecule has 6 nitrogen and oxygen atoms in total. The standard InChI is InChI=1S/C21H26Cl2N4O2/c1-5-15-18(13-9-8-12(22)10-14(13)23)24-16(6-2)20(25-15)26-19-17(29-7-3)11-27(4)21(19)28/h8-10,17,19H,5-7,11H2,1-4H3,(H,25,26). The molecule has 0 saturated carbocycles. The molecule has 8 heteroatoms. The fraction of sp³-hybridized carbons (Fsp3) is 0.476. The largest absolute Gasteiger partial charge is 0.374 e. The fourth-order valence-corrected chi connectivity index (χ4v) is 4.04. The highest BCUT2D eigenvalue weighted by Crippen LogP contribution is 2.33. The van der Waals surface area contributed by atoms with Gasteiger partial charge in [0, 0.05) is 30.8 Å². The molecule has 1 amide bonds. The average molecular weight is 437 g/mol. The van der Waals surface area contributed by atoms with Gasteiger partial charge in [0.05, 0.1) is 22.1 Å². The lowest BCUT2D eigenvalue weighted by molar-refractivity contribution is -0.127. The van der Waals surface area contributed by atoms with E-state index in [1.165, 1.54) is 0 Å². The number of rotatable bonds is 7. The highest BCUT2D eigenvalue weighted by molar-refractivity contribution is 6.36. The SMILES string of the molecule is CCOC1CN(C)C(=O)C1Nc1nc(CC)c(-c2ccc(Cl)cc2Cl)nc1CC. The van der Waals surface area contributed by atoms with Gasteiger partial charge in [0.2, 0.25) is 5.91 Å². The van der Waals surface area contributed by atoms with Gasteiger partial charge in [-0.15, -0.1) is 0 Å². The second-order valence-electron chi connectivity index (χ2n) is 6.98. The van der Waals surface area contributed by atoms with Crippen molar-refractivity contribution in [2.75, 3.05) is 25.5 Å². The fourth-order valence-electron chi connectivity index (χ4n) is 3.54. The average Bonchev–Trinajstić information content (AvgIpc) is 2.95. The Kier molecular flexibility index (Phi) is 6.98. The summed E-state index contributed by atoms with van der Waals surface area (Å²) in [6.45, 7) is 7.06. The first-order valence-corrected chi connectivity index (χ1v) is 10.6. The van der Waals surface area contributed by atoms with Crippen LogP contribution in [0.3, 0.4) is 0 Å². The molecule has 1 fully saturated rings. The third kappa shape index (κ3) is 4.49. The number of benzene rings is 1. The van der Waals surface area contributed by atoms with Gasteiger partial charge < -0.3 is 15.0 Å². The lowest BCUT2D eigenvalue weighted by Crippen LogP contribution is -2.38. The Morgan fingerprint density at radius 3 is 2.52 bits per heavy atom. The van der Waals surface area contributed by atoms with E-state index >= 15 is 0 Å². The van der Waals surface area contributed by atoms with Crippen LogP contribution < -0.4 is 5.32 Å². The molecule has 0 spiro atoms. The van der Waals surface area contributed by atoms with Crippen LogP contribution in [0.15, 0.2) is 18.2 Å². The zero-order chi connectivity index (χ0) is 21.1. The first-order chi connectivity index (χ1) is 13.9. The maximum absolute atomic E-state index is 12.6. The summed E-state index contributed by atoms with van der Waals surface area (Å²) in [7, 11) is 1.78. The Morgan fingerprint density at radius 2 is 1.90 bits per heavy atom. The maximum Gasteiger partial charge on any atom is 0.247 e. The Balaban J connectivity index is 2.01. The van der Waals surface area contributed by atoms with Crippen LogP contribution in [0.4, 0.5) is 5.82 Å². The third-order valence-electron chi connectivity index (χ3n) is 5.04. The van der Waals surface area contributed by atoms with Crippen molar-refractivity contribution in [1.29, 1.82) is 0 Å². The number of anilines is 1. The van der Waals surface area contributed by atoms with E-state index in [2.05, 4.69) is 5.32 Å². The third-order valence-corrected chi connectivity index (χ3v) is 5.58. The monoisotopic (exact) mass is 436 g/mol. The second kappa shape index (κ2) is 9.28. The molecule has 0 bridgehead atoms. The van der Waals surface area contributed by atoms with E-state index in [0.717, 1.165) is 22.6 Å². The van der Waals surface area contributed by atoms with Crippen molar-refractivity contribution < 1.29 is 9.53 Å². The quantitative estimate of drug-likeness (QED) is 0.702. The molecular weight excluding hydrogens is 411 g/mol. The van der Waals surface area contributed by atoms with E-state index in [9.17, 15) is 4.79 Å². The van der Waals surface area contributed by atoms with Crippen molar-refractivity contribution in [3.8, 4) is 11.3 Å². The van der Waals surface area contributed by atoms with Crippen LogP contribution in [0.2, 0.25) is 10.0 Å². The number of carbonyl (C=O) groups excluding carboxylic acids is 1. The zero-order valence-corrected chi connectivity index (χ0v) is 18.6. The Hall–Kier alpha value is -1.89. The number of halogens is 2. The minimum atomic E-state index is -0.478. The summed E-state index contributed by atoms with van der Waals surface area (Å²) >= 11 is 12.5. The van der Waals surface area contributed by atoms with Gasteiger partial charge in [-0.1, -0.05) is 37.0 Å². The molecule has 1 aromatic heterocycles. The second-order valence-corrected chi connectivity index (χ2v) is 7.82. The predicted molar refractivity (Wildman–Crippen MR) is 117 cm³/mol. The van der Waals surface area contributed by atoms with Crippen LogP contribution in [0.5, 0.6) is 0 Å². The highest BCUT2D eigenvalue weighted by atomic mass is 35.5. The summed E-state index contributed by atoms with van der Waals surface area (Å²) in [4.78, 5) is 24.0. The molecule has 1 saturated heterocycles. The van der Waals surface area contributed by atoms with E-state index in [4.69, 9.17) is 37.9 Å². The van der Waals surface area contributed by atoms with E-state index in [-0.39, 0.29) is 12.0 Å². The lowest BCUT2D eigenvalue weighted by Gasteiger charge is -2.21. The maximum atomic E-state index is 12.6. The topological polar surface area (TPSA) is 67.3 Å². The summed E-state index contributed by atoms with van der Waals surface area (Å²) in [5.41, 5.74) is 3.12. The summed E-state index contributed by atoms with van der Waals surface area (Å²) in [5, 5.41) is 4.42. The molecule has 3 rings (SSSR count). The number of hydrogen-bond donors (Lipinski definition) is 1. The number of ether oxygens (including phenoxy) is 1. The van der Waals surface area contributed by atoms with Crippen molar-refractivity contribution in [3.05, 3.63) is 39.6 Å². The first-order valence-electron chi connectivity index (χ1n) is 9.87. The number of likely N-dealkylation sites (tertiary alicyclic amines) is 1.